The highest BCUT2D eigenvalue weighted by atomic mass is 31.1. The molecule has 0 saturated carbocycles. The number of phenols is 1. The third-order valence-electron chi connectivity index (χ3n) is 3.32. The lowest BCUT2D eigenvalue weighted by molar-refractivity contribution is 0.465. The second-order valence-corrected chi connectivity index (χ2v) is 4.99. The van der Waals surface area contributed by atoms with Crippen molar-refractivity contribution < 1.29 is 14.1 Å². The highest BCUT2D eigenvalue weighted by Crippen LogP contribution is 2.31. The van der Waals surface area contributed by atoms with Crippen molar-refractivity contribution in [2.24, 2.45) is 0 Å². The molecule has 0 spiro atoms. The molecule has 2 rings (SSSR count). The summed E-state index contributed by atoms with van der Waals surface area (Å²) in [5, 5.41) is 19.7. The average molecular weight is 290 g/mol. The van der Waals surface area contributed by atoms with Crippen LogP contribution in [0.15, 0.2) is 15.3 Å². The van der Waals surface area contributed by atoms with E-state index in [9.17, 15) is 14.5 Å². The first kappa shape index (κ1) is 14.2. The number of aromatic hydroxyl groups is 1. The number of aryl methyl sites for hydroxylation is 1. The molecule has 0 aliphatic carbocycles. The Kier molecular flexibility index (Phi) is 3.87. The maximum atomic E-state index is 11.7. The van der Waals surface area contributed by atoms with Crippen LogP contribution in [-0.2, 0) is 17.4 Å². The summed E-state index contributed by atoms with van der Waals surface area (Å²) < 4.78 is 16.5. The van der Waals surface area contributed by atoms with Gasteiger partial charge in [-0.1, -0.05) is 18.4 Å². The molecule has 2 aromatic rings. The third kappa shape index (κ3) is 1.99. The van der Waals surface area contributed by atoms with Crippen LogP contribution in [0.4, 0.5) is 0 Å². The fraction of sp³-hybridized carbons (Fsp3) is 0.286. The molecular formula is C14H13NO4P+. The second-order valence-electron chi connectivity index (χ2n) is 4.29. The van der Waals surface area contributed by atoms with Crippen LogP contribution in [0.5, 0.6) is 5.75 Å². The molecule has 1 atom stereocenters. The van der Waals surface area contributed by atoms with E-state index in [0.29, 0.717) is 18.2 Å². The van der Waals surface area contributed by atoms with Crippen molar-refractivity contribution in [2.45, 2.75) is 26.7 Å². The zero-order chi connectivity index (χ0) is 14.9. The quantitative estimate of drug-likeness (QED) is 0.690. The average Bonchev–Trinajstić information content (AvgIpc) is 2.44. The zero-order valence-corrected chi connectivity index (χ0v) is 12.1. The molecule has 102 valence electrons. The molecule has 1 aromatic heterocycles. The van der Waals surface area contributed by atoms with Gasteiger partial charge in [-0.25, -0.2) is 4.79 Å². The van der Waals surface area contributed by atoms with E-state index < -0.39 is 14.1 Å². The summed E-state index contributed by atoms with van der Waals surface area (Å²) in [6.07, 6.45) is 1.16. The minimum absolute atomic E-state index is 0.0462. The Bertz CT molecular complexity index is 802. The van der Waals surface area contributed by atoms with Crippen molar-refractivity contribution in [2.75, 3.05) is 0 Å². The Morgan fingerprint density at radius 1 is 1.35 bits per heavy atom. The number of nitriles is 1. The van der Waals surface area contributed by atoms with Gasteiger partial charge in [-0.15, -0.1) is 0 Å². The van der Waals surface area contributed by atoms with Crippen LogP contribution < -0.4 is 10.9 Å². The Morgan fingerprint density at radius 3 is 2.50 bits per heavy atom. The van der Waals surface area contributed by atoms with E-state index in [1.54, 1.807) is 6.07 Å². The van der Waals surface area contributed by atoms with Gasteiger partial charge in [0.1, 0.15) is 17.4 Å². The van der Waals surface area contributed by atoms with E-state index in [4.69, 9.17) is 9.68 Å². The molecule has 0 saturated heterocycles. The predicted molar refractivity (Wildman–Crippen MR) is 76.3 cm³/mol. The molecule has 0 fully saturated rings. The number of phenolic OH excluding ortho intramolecular Hbond substituents is 1. The number of nitrogens with zero attached hydrogens (tertiary/aromatic N) is 1. The Morgan fingerprint density at radius 2 is 2.00 bits per heavy atom. The van der Waals surface area contributed by atoms with Crippen molar-refractivity contribution in [1.82, 2.24) is 0 Å². The summed E-state index contributed by atoms with van der Waals surface area (Å²) in [5.41, 5.74) is 0.592. The van der Waals surface area contributed by atoms with Gasteiger partial charge in [0.2, 0.25) is 5.30 Å². The Hall–Kier alpha value is -2.18. The highest BCUT2D eigenvalue weighted by molar-refractivity contribution is 7.35. The molecule has 1 N–H and O–H groups in total. The molecule has 0 aliphatic heterocycles. The lowest BCUT2D eigenvalue weighted by atomic mass is 9.96. The summed E-state index contributed by atoms with van der Waals surface area (Å²) in [4.78, 5) is 11.7. The highest BCUT2D eigenvalue weighted by Gasteiger charge is 2.25. The first-order chi connectivity index (χ1) is 9.58. The van der Waals surface area contributed by atoms with Crippen LogP contribution in [0.1, 0.15) is 30.5 Å². The second kappa shape index (κ2) is 5.44. The normalized spacial score (nSPS) is 10.8. The lowest BCUT2D eigenvalue weighted by Crippen LogP contribution is -2.17. The summed E-state index contributed by atoms with van der Waals surface area (Å²) in [6, 6.07) is 3.10. The summed E-state index contributed by atoms with van der Waals surface area (Å²) in [6.45, 7) is 3.78. The molecule has 6 heteroatoms. The van der Waals surface area contributed by atoms with Crippen LogP contribution in [0, 0.1) is 11.3 Å². The van der Waals surface area contributed by atoms with Crippen LogP contribution in [0.25, 0.3) is 11.0 Å². The van der Waals surface area contributed by atoms with Crippen LogP contribution in [-0.4, -0.2) is 5.11 Å². The lowest BCUT2D eigenvalue weighted by Gasteiger charge is -2.11. The topological polar surface area (TPSA) is 91.3 Å². The number of hydrogen-bond acceptors (Lipinski definition) is 5. The van der Waals surface area contributed by atoms with Gasteiger partial charge >= 0.3 is 14.1 Å². The van der Waals surface area contributed by atoms with E-state index in [0.717, 1.165) is 11.1 Å². The van der Waals surface area contributed by atoms with Crippen molar-refractivity contribution in [1.29, 1.82) is 5.26 Å². The smallest absolute Gasteiger partial charge is 0.365 e. The molecule has 0 aliphatic rings. The van der Waals surface area contributed by atoms with Crippen molar-refractivity contribution >= 4 is 24.7 Å². The SMILES string of the molecule is CCc1c(O)cc2oc(=O)c(C#N)c([PH+]=O)c2c1CC. The predicted octanol–water partition coefficient (Wildman–Crippen LogP) is 2.14. The summed E-state index contributed by atoms with van der Waals surface area (Å²) >= 11 is 0. The number of benzene rings is 1. The van der Waals surface area contributed by atoms with Crippen molar-refractivity contribution in [3.05, 3.63) is 33.2 Å². The van der Waals surface area contributed by atoms with Gasteiger partial charge in [0.05, 0.1) is 5.39 Å². The zero-order valence-electron chi connectivity index (χ0n) is 11.1. The van der Waals surface area contributed by atoms with Gasteiger partial charge < -0.3 is 9.52 Å². The first-order valence-electron chi connectivity index (χ1n) is 6.21. The number of hydrogen-bond donors (Lipinski definition) is 1. The van der Waals surface area contributed by atoms with Crippen LogP contribution >= 0.6 is 8.46 Å². The van der Waals surface area contributed by atoms with Crippen molar-refractivity contribution in [3.63, 3.8) is 0 Å². The molecule has 20 heavy (non-hydrogen) atoms. The van der Waals surface area contributed by atoms with E-state index in [-0.39, 0.29) is 22.2 Å². The fourth-order valence-electron chi connectivity index (χ4n) is 2.46. The maximum Gasteiger partial charge on any atom is 0.365 e. The van der Waals surface area contributed by atoms with Gasteiger partial charge in [0.25, 0.3) is 0 Å². The molecule has 1 heterocycles. The van der Waals surface area contributed by atoms with Crippen LogP contribution in [0.2, 0.25) is 0 Å². The molecule has 0 radical (unpaired) electrons. The third-order valence-corrected chi connectivity index (χ3v) is 4.02. The van der Waals surface area contributed by atoms with Gasteiger partial charge in [-0.3, -0.25) is 0 Å². The standard InChI is InChI=1S/C14H12NO4P/c1-3-7-8(4-2)12-11(5-10(7)16)19-14(17)9(6-15)13(12)20-18/h5,16H,3-4H2,1-2H3/p+1. The molecule has 0 bridgehead atoms. The molecule has 5 nitrogen and oxygen atoms in total. The van der Waals surface area contributed by atoms with E-state index >= 15 is 0 Å². The largest absolute Gasteiger partial charge is 0.508 e. The van der Waals surface area contributed by atoms with Gasteiger partial charge in [0.15, 0.2) is 5.56 Å². The van der Waals surface area contributed by atoms with E-state index in [1.807, 2.05) is 13.8 Å². The van der Waals surface area contributed by atoms with Crippen LogP contribution in [0.3, 0.4) is 0 Å². The fourth-order valence-corrected chi connectivity index (χ4v) is 3.09. The van der Waals surface area contributed by atoms with E-state index in [1.165, 1.54) is 6.07 Å². The van der Waals surface area contributed by atoms with Crippen molar-refractivity contribution in [3.8, 4) is 11.8 Å². The monoisotopic (exact) mass is 290 g/mol. The van der Waals surface area contributed by atoms with Gasteiger partial charge in [-0.2, -0.15) is 5.26 Å². The molecule has 0 amide bonds. The summed E-state index contributed by atoms with van der Waals surface area (Å²) in [7, 11) is -0.934. The molecule has 1 aromatic carbocycles. The molecular weight excluding hydrogens is 277 g/mol. The number of rotatable bonds is 3. The molecule has 1 unspecified atom stereocenters. The minimum Gasteiger partial charge on any atom is -0.508 e. The maximum absolute atomic E-state index is 11.7. The first-order valence-corrected chi connectivity index (χ1v) is 7.12. The van der Waals surface area contributed by atoms with Gasteiger partial charge in [-0.05, 0) is 24.0 Å². The minimum atomic E-state index is -0.934. The Balaban J connectivity index is 3.13. The van der Waals surface area contributed by atoms with Gasteiger partial charge in [0, 0.05) is 6.07 Å². The number of fused-ring (bicyclic) bond motifs is 1. The van der Waals surface area contributed by atoms with E-state index in [2.05, 4.69) is 0 Å². The Labute approximate surface area is 116 Å². The summed E-state index contributed by atoms with van der Waals surface area (Å²) in [5.74, 6) is 0.0462.